The quantitative estimate of drug-likeness (QED) is 0.314. The van der Waals surface area contributed by atoms with Crippen LogP contribution in [0.15, 0.2) is 53.3 Å². The third-order valence-electron chi connectivity index (χ3n) is 6.24. The smallest absolute Gasteiger partial charge is 0.225 e. The minimum atomic E-state index is 0.274. The van der Waals surface area contributed by atoms with E-state index in [4.69, 9.17) is 10.2 Å². The van der Waals surface area contributed by atoms with Gasteiger partial charge in [-0.15, -0.1) is 5.10 Å². The second kappa shape index (κ2) is 14.3. The molecule has 2 N–H and O–H groups in total. The lowest BCUT2D eigenvalue weighted by Crippen LogP contribution is -2.47. The Morgan fingerprint density at radius 3 is 2.18 bits per heavy atom. The molecular weight excluding hydrogens is 490 g/mol. The molecule has 1 saturated heterocycles. The normalized spacial score (nSPS) is 13.3. The third-order valence-corrected chi connectivity index (χ3v) is 6.24. The number of fused-ring (bicyclic) bond motifs is 3. The second-order valence-electron chi connectivity index (χ2n) is 8.39. The molecule has 0 bridgehead atoms. The van der Waals surface area contributed by atoms with Crippen molar-refractivity contribution in [2.75, 3.05) is 43.4 Å². The van der Waals surface area contributed by atoms with Crippen molar-refractivity contribution in [3.8, 4) is 11.6 Å². The molecule has 5 heterocycles. The number of rotatable bonds is 5. The molecule has 210 valence electrons. The van der Waals surface area contributed by atoms with Crippen molar-refractivity contribution in [3.63, 3.8) is 0 Å². The van der Waals surface area contributed by atoms with E-state index in [1.54, 1.807) is 18.5 Å². The van der Waals surface area contributed by atoms with Crippen LogP contribution in [-0.2, 0) is 6.54 Å². The second-order valence-corrected chi connectivity index (χ2v) is 8.39. The number of piperazine rings is 1. The summed E-state index contributed by atoms with van der Waals surface area (Å²) >= 11 is 0. The van der Waals surface area contributed by atoms with Gasteiger partial charge < -0.3 is 15.1 Å². The molecule has 0 atom stereocenters. The maximum atomic E-state index is 6.20. The number of benzene rings is 1. The van der Waals surface area contributed by atoms with Crippen molar-refractivity contribution in [2.45, 2.75) is 55.0 Å². The fraction of sp³-hybridized carbons (Fsp3) is 0.448. The molecule has 0 unspecified atom stereocenters. The number of hydrogen-bond acceptors (Lipinski definition) is 8. The molecule has 6 rings (SSSR count). The Bertz CT molecular complexity index is 1400. The van der Waals surface area contributed by atoms with E-state index < -0.39 is 0 Å². The van der Waals surface area contributed by atoms with E-state index in [0.29, 0.717) is 17.2 Å². The molecule has 0 amide bonds. The standard InChI is InChI=1S/C23H25N9O.3C2H6/c1-16-4-6-17(7-5-16)30-11-8-29(9-12-30)10-13-31-21-18(15-25-31)22-26-20(19-3-2-14-33-19)28-32(22)23(24)27-21;3*1-2/h2-7,14-15H,8-13H2,1H3,(H2,24,27);3*1-2H3. The maximum Gasteiger partial charge on any atom is 0.225 e. The highest BCUT2D eigenvalue weighted by Gasteiger charge is 2.20. The van der Waals surface area contributed by atoms with Crippen LogP contribution in [0.3, 0.4) is 0 Å². The van der Waals surface area contributed by atoms with Gasteiger partial charge in [0.05, 0.1) is 24.4 Å². The van der Waals surface area contributed by atoms with Crippen molar-refractivity contribution >= 4 is 28.3 Å². The first-order valence-corrected chi connectivity index (χ1v) is 14.1. The summed E-state index contributed by atoms with van der Waals surface area (Å²) in [6.07, 6.45) is 3.38. The minimum absolute atomic E-state index is 0.274. The Hall–Kier alpha value is -3.92. The number of hydrogen-bond donors (Lipinski definition) is 1. The van der Waals surface area contributed by atoms with Gasteiger partial charge in [0.25, 0.3) is 0 Å². The van der Waals surface area contributed by atoms with Crippen LogP contribution >= 0.6 is 0 Å². The predicted octanol–water partition coefficient (Wildman–Crippen LogP) is 5.53. The summed E-state index contributed by atoms with van der Waals surface area (Å²) in [5, 5.41) is 9.83. The largest absolute Gasteiger partial charge is 0.461 e. The number of aromatic nitrogens is 6. The number of nitrogens with zero attached hydrogens (tertiary/aromatic N) is 8. The molecule has 1 aliphatic heterocycles. The summed E-state index contributed by atoms with van der Waals surface area (Å²) < 4.78 is 8.86. The lowest BCUT2D eigenvalue weighted by atomic mass is 10.2. The van der Waals surface area contributed by atoms with Gasteiger partial charge in [0, 0.05) is 38.4 Å². The summed E-state index contributed by atoms with van der Waals surface area (Å²) in [5.74, 6) is 1.33. The third kappa shape index (κ3) is 6.57. The molecule has 0 aliphatic carbocycles. The highest BCUT2D eigenvalue weighted by atomic mass is 16.3. The van der Waals surface area contributed by atoms with Crippen molar-refractivity contribution < 1.29 is 4.42 Å². The van der Waals surface area contributed by atoms with E-state index in [9.17, 15) is 0 Å². The summed E-state index contributed by atoms with van der Waals surface area (Å²) in [5.41, 5.74) is 10.1. The lowest BCUT2D eigenvalue weighted by Gasteiger charge is -2.36. The highest BCUT2D eigenvalue weighted by Crippen LogP contribution is 2.23. The first-order chi connectivity index (χ1) is 19.2. The monoisotopic (exact) mass is 533 g/mol. The molecule has 0 radical (unpaired) electrons. The Morgan fingerprint density at radius 2 is 1.54 bits per heavy atom. The molecule has 5 aromatic rings. The van der Waals surface area contributed by atoms with E-state index in [1.807, 2.05) is 52.3 Å². The molecular formula is C29H43N9O. The molecule has 1 aliphatic rings. The van der Waals surface area contributed by atoms with E-state index in [-0.39, 0.29) is 5.95 Å². The molecule has 4 aromatic heterocycles. The first kappa shape index (κ1) is 29.6. The van der Waals surface area contributed by atoms with Gasteiger partial charge in [-0.25, -0.2) is 9.67 Å². The maximum absolute atomic E-state index is 6.20. The molecule has 10 nitrogen and oxygen atoms in total. The van der Waals surface area contributed by atoms with Crippen molar-refractivity contribution in [1.29, 1.82) is 0 Å². The number of anilines is 2. The highest BCUT2D eigenvalue weighted by molar-refractivity contribution is 5.90. The van der Waals surface area contributed by atoms with Gasteiger partial charge in [-0.2, -0.15) is 14.6 Å². The van der Waals surface area contributed by atoms with Gasteiger partial charge in [0.1, 0.15) is 0 Å². The van der Waals surface area contributed by atoms with E-state index >= 15 is 0 Å². The molecule has 0 saturated carbocycles. The van der Waals surface area contributed by atoms with Crippen molar-refractivity contribution in [2.24, 2.45) is 0 Å². The van der Waals surface area contributed by atoms with Crippen LogP contribution in [0.5, 0.6) is 0 Å². The van der Waals surface area contributed by atoms with Gasteiger partial charge in [-0.05, 0) is 31.2 Å². The van der Waals surface area contributed by atoms with Crippen LogP contribution in [0.2, 0.25) is 0 Å². The SMILES string of the molecule is CC.CC.CC.Cc1ccc(N2CCN(CCn3ncc4c3nc(N)n3nc(-c5ccco5)nc43)CC2)cc1. The zero-order valence-electron chi connectivity index (χ0n) is 24.4. The molecule has 10 heteroatoms. The van der Waals surface area contributed by atoms with Crippen LogP contribution in [-0.4, -0.2) is 67.0 Å². The van der Waals surface area contributed by atoms with Gasteiger partial charge in [-0.1, -0.05) is 59.2 Å². The molecule has 1 fully saturated rings. The summed E-state index contributed by atoms with van der Waals surface area (Å²) in [6.45, 7) is 19.8. The van der Waals surface area contributed by atoms with Gasteiger partial charge in [-0.3, -0.25) is 4.90 Å². The van der Waals surface area contributed by atoms with Crippen LogP contribution in [0, 0.1) is 6.92 Å². The zero-order chi connectivity index (χ0) is 28.4. The first-order valence-electron chi connectivity index (χ1n) is 14.1. The molecule has 39 heavy (non-hydrogen) atoms. The number of furan rings is 1. The van der Waals surface area contributed by atoms with Crippen LogP contribution in [0.1, 0.15) is 47.1 Å². The fourth-order valence-corrected chi connectivity index (χ4v) is 4.35. The van der Waals surface area contributed by atoms with Gasteiger partial charge in [0.15, 0.2) is 17.1 Å². The number of aryl methyl sites for hydroxylation is 1. The van der Waals surface area contributed by atoms with E-state index in [2.05, 4.69) is 61.2 Å². The van der Waals surface area contributed by atoms with Crippen molar-refractivity contribution in [1.82, 2.24) is 34.3 Å². The Kier molecular flexibility index (Phi) is 10.9. The van der Waals surface area contributed by atoms with Gasteiger partial charge >= 0.3 is 0 Å². The van der Waals surface area contributed by atoms with Crippen LogP contribution in [0.4, 0.5) is 11.6 Å². The zero-order valence-corrected chi connectivity index (χ0v) is 24.4. The average molecular weight is 534 g/mol. The average Bonchev–Trinajstić information content (AvgIpc) is 3.76. The minimum Gasteiger partial charge on any atom is -0.461 e. The van der Waals surface area contributed by atoms with E-state index in [0.717, 1.165) is 50.3 Å². The lowest BCUT2D eigenvalue weighted by molar-refractivity contribution is 0.245. The summed E-state index contributed by atoms with van der Waals surface area (Å²) in [6, 6.07) is 12.4. The Balaban J connectivity index is 0.000000657. The van der Waals surface area contributed by atoms with Crippen LogP contribution < -0.4 is 10.6 Å². The van der Waals surface area contributed by atoms with Crippen LogP contribution in [0.25, 0.3) is 28.3 Å². The molecule has 0 spiro atoms. The van der Waals surface area contributed by atoms with E-state index in [1.165, 1.54) is 15.8 Å². The topological polar surface area (TPSA) is 107 Å². The number of nitrogens with two attached hydrogens (primary N) is 1. The summed E-state index contributed by atoms with van der Waals surface area (Å²) in [4.78, 5) is 14.1. The van der Waals surface area contributed by atoms with Crippen molar-refractivity contribution in [3.05, 3.63) is 54.4 Å². The number of nitrogen functional groups attached to an aromatic ring is 1. The fourth-order valence-electron chi connectivity index (χ4n) is 4.35. The predicted molar refractivity (Wildman–Crippen MR) is 160 cm³/mol. The molecule has 1 aromatic carbocycles. The Labute approximate surface area is 231 Å². The van der Waals surface area contributed by atoms with Gasteiger partial charge in [0.2, 0.25) is 11.8 Å². The Morgan fingerprint density at radius 1 is 0.846 bits per heavy atom. The summed E-state index contributed by atoms with van der Waals surface area (Å²) in [7, 11) is 0.